The lowest BCUT2D eigenvalue weighted by molar-refractivity contribution is 0.103. The third-order valence-electron chi connectivity index (χ3n) is 3.90. The Morgan fingerprint density at radius 3 is 2.67 bits per heavy atom. The van der Waals surface area contributed by atoms with Crippen molar-refractivity contribution in [3.05, 3.63) is 65.2 Å². The summed E-state index contributed by atoms with van der Waals surface area (Å²) in [6.07, 6.45) is 1.28. The Labute approximate surface area is 125 Å². The highest BCUT2D eigenvalue weighted by Crippen LogP contribution is 2.22. The number of ether oxygens (including phenoxy) is 1. The molecular formula is C18H19NO2. The molecular weight excluding hydrogens is 262 g/mol. The summed E-state index contributed by atoms with van der Waals surface area (Å²) in [5.74, 6) is 0.633. The smallest absolute Gasteiger partial charge is 0.196 e. The lowest BCUT2D eigenvalue weighted by Crippen LogP contribution is -2.36. The van der Waals surface area contributed by atoms with Gasteiger partial charge in [0.1, 0.15) is 5.75 Å². The number of hydrogen-bond donors (Lipinski definition) is 0. The Morgan fingerprint density at radius 1 is 1.14 bits per heavy atom. The Hall–Kier alpha value is -2.13. The summed E-state index contributed by atoms with van der Waals surface area (Å²) < 4.78 is 5.28. The maximum Gasteiger partial charge on any atom is 0.196 e. The Morgan fingerprint density at radius 2 is 1.95 bits per heavy atom. The van der Waals surface area contributed by atoms with Gasteiger partial charge >= 0.3 is 0 Å². The molecule has 0 unspecified atom stereocenters. The molecule has 3 rings (SSSR count). The number of benzene rings is 2. The van der Waals surface area contributed by atoms with Crippen LogP contribution in [0.15, 0.2) is 48.5 Å². The van der Waals surface area contributed by atoms with Crippen molar-refractivity contribution in [3.63, 3.8) is 0 Å². The van der Waals surface area contributed by atoms with Gasteiger partial charge in [0.25, 0.3) is 0 Å². The van der Waals surface area contributed by atoms with Crippen LogP contribution in [0.1, 0.15) is 27.9 Å². The van der Waals surface area contributed by atoms with E-state index in [1.54, 1.807) is 7.11 Å². The molecule has 2 aromatic rings. The largest absolute Gasteiger partial charge is 0.496 e. The predicted molar refractivity (Wildman–Crippen MR) is 82.8 cm³/mol. The fourth-order valence-electron chi connectivity index (χ4n) is 2.60. The molecule has 3 heteroatoms. The summed E-state index contributed by atoms with van der Waals surface area (Å²) in [5.41, 5.74) is 2.52. The summed E-state index contributed by atoms with van der Waals surface area (Å²) in [5, 5.41) is 0. The topological polar surface area (TPSA) is 29.5 Å². The zero-order valence-electron chi connectivity index (χ0n) is 12.2. The van der Waals surface area contributed by atoms with Crippen molar-refractivity contribution in [2.75, 3.05) is 20.2 Å². The van der Waals surface area contributed by atoms with Crippen LogP contribution >= 0.6 is 0 Å². The first-order valence-corrected chi connectivity index (χ1v) is 7.27. The number of likely N-dealkylation sites (tertiary alicyclic amines) is 1. The standard InChI is InChI=1S/C18H19NO2/c1-21-17-9-3-2-8-16(17)18(20)15-7-4-6-14(12-15)13-19-10-5-11-19/h2-4,6-9,12H,5,10-11,13H2,1H3. The van der Waals surface area contributed by atoms with Crippen LogP contribution in [-0.4, -0.2) is 30.9 Å². The molecule has 0 radical (unpaired) electrons. The van der Waals surface area contributed by atoms with Gasteiger partial charge in [-0.2, -0.15) is 0 Å². The monoisotopic (exact) mass is 281 g/mol. The van der Waals surface area contributed by atoms with E-state index in [0.717, 1.165) is 25.2 Å². The van der Waals surface area contributed by atoms with E-state index >= 15 is 0 Å². The molecule has 0 N–H and O–H groups in total. The van der Waals surface area contributed by atoms with Crippen LogP contribution in [0, 0.1) is 0 Å². The van der Waals surface area contributed by atoms with Crippen LogP contribution < -0.4 is 4.74 Å². The van der Waals surface area contributed by atoms with E-state index in [4.69, 9.17) is 4.74 Å². The van der Waals surface area contributed by atoms with Crippen LogP contribution in [0.2, 0.25) is 0 Å². The number of carbonyl (C=O) groups excluding carboxylic acids is 1. The SMILES string of the molecule is COc1ccccc1C(=O)c1cccc(CN2CCC2)c1. The van der Waals surface area contributed by atoms with Gasteiger partial charge in [0.2, 0.25) is 0 Å². The highest BCUT2D eigenvalue weighted by atomic mass is 16.5. The minimum Gasteiger partial charge on any atom is -0.496 e. The number of hydrogen-bond acceptors (Lipinski definition) is 3. The van der Waals surface area contributed by atoms with Gasteiger partial charge in [-0.1, -0.05) is 30.3 Å². The number of ketones is 1. The van der Waals surface area contributed by atoms with Gasteiger partial charge in [-0.25, -0.2) is 0 Å². The average molecular weight is 281 g/mol. The Kier molecular flexibility index (Phi) is 4.02. The van der Waals surface area contributed by atoms with Gasteiger partial charge in [-0.3, -0.25) is 9.69 Å². The van der Waals surface area contributed by atoms with E-state index in [1.807, 2.05) is 42.5 Å². The van der Waals surface area contributed by atoms with Crippen LogP contribution in [0.5, 0.6) is 5.75 Å². The maximum absolute atomic E-state index is 12.7. The number of methoxy groups -OCH3 is 1. The van der Waals surface area contributed by atoms with E-state index < -0.39 is 0 Å². The molecule has 21 heavy (non-hydrogen) atoms. The second kappa shape index (κ2) is 6.10. The molecule has 0 amide bonds. The van der Waals surface area contributed by atoms with E-state index in [9.17, 15) is 4.79 Å². The van der Waals surface area contributed by atoms with Crippen LogP contribution in [-0.2, 0) is 6.54 Å². The van der Waals surface area contributed by atoms with Gasteiger partial charge in [0.05, 0.1) is 12.7 Å². The second-order valence-corrected chi connectivity index (χ2v) is 5.36. The molecule has 3 nitrogen and oxygen atoms in total. The lowest BCUT2D eigenvalue weighted by atomic mass is 10.00. The molecule has 1 aliphatic rings. The first-order valence-electron chi connectivity index (χ1n) is 7.27. The van der Waals surface area contributed by atoms with Crippen molar-refractivity contribution in [1.82, 2.24) is 4.90 Å². The third-order valence-corrected chi connectivity index (χ3v) is 3.90. The highest BCUT2D eigenvalue weighted by molar-refractivity contribution is 6.10. The zero-order valence-corrected chi connectivity index (χ0v) is 12.2. The molecule has 0 spiro atoms. The zero-order chi connectivity index (χ0) is 14.7. The number of carbonyl (C=O) groups is 1. The van der Waals surface area contributed by atoms with Gasteiger partial charge in [-0.05, 0) is 43.3 Å². The van der Waals surface area contributed by atoms with Crippen molar-refractivity contribution in [3.8, 4) is 5.75 Å². The van der Waals surface area contributed by atoms with Crippen molar-refractivity contribution in [2.24, 2.45) is 0 Å². The Bertz CT molecular complexity index is 647. The van der Waals surface area contributed by atoms with Crippen molar-refractivity contribution in [1.29, 1.82) is 0 Å². The minimum atomic E-state index is 0.0120. The summed E-state index contributed by atoms with van der Waals surface area (Å²) in [4.78, 5) is 15.0. The molecule has 108 valence electrons. The van der Waals surface area contributed by atoms with Crippen molar-refractivity contribution >= 4 is 5.78 Å². The molecule has 1 fully saturated rings. The summed E-state index contributed by atoms with van der Waals surface area (Å²) in [6.45, 7) is 3.24. The van der Waals surface area contributed by atoms with Gasteiger partial charge in [-0.15, -0.1) is 0 Å². The third kappa shape index (κ3) is 2.98. The minimum absolute atomic E-state index is 0.0120. The van der Waals surface area contributed by atoms with Crippen LogP contribution in [0.3, 0.4) is 0 Å². The van der Waals surface area contributed by atoms with Gasteiger partial charge in [0, 0.05) is 12.1 Å². The van der Waals surface area contributed by atoms with Crippen LogP contribution in [0.4, 0.5) is 0 Å². The fraction of sp³-hybridized carbons (Fsp3) is 0.278. The molecule has 0 aromatic heterocycles. The average Bonchev–Trinajstić information content (AvgIpc) is 2.50. The number of para-hydroxylation sites is 1. The molecule has 0 bridgehead atoms. The Balaban J connectivity index is 1.85. The quantitative estimate of drug-likeness (QED) is 0.789. The summed E-state index contributed by atoms with van der Waals surface area (Å²) >= 11 is 0. The number of nitrogens with zero attached hydrogens (tertiary/aromatic N) is 1. The van der Waals surface area contributed by atoms with E-state index in [0.29, 0.717) is 11.3 Å². The van der Waals surface area contributed by atoms with Gasteiger partial charge < -0.3 is 4.74 Å². The van der Waals surface area contributed by atoms with E-state index in [2.05, 4.69) is 11.0 Å². The molecule has 0 saturated carbocycles. The normalized spacial score (nSPS) is 14.5. The molecule has 1 saturated heterocycles. The molecule has 1 aliphatic heterocycles. The first kappa shape index (κ1) is 13.8. The van der Waals surface area contributed by atoms with Gasteiger partial charge in [0.15, 0.2) is 5.78 Å². The molecule has 2 aromatic carbocycles. The second-order valence-electron chi connectivity index (χ2n) is 5.36. The molecule has 1 heterocycles. The predicted octanol–water partition coefficient (Wildman–Crippen LogP) is 3.13. The lowest BCUT2D eigenvalue weighted by Gasteiger charge is -2.30. The van der Waals surface area contributed by atoms with E-state index in [1.165, 1.54) is 12.0 Å². The van der Waals surface area contributed by atoms with Crippen LogP contribution in [0.25, 0.3) is 0 Å². The van der Waals surface area contributed by atoms with E-state index in [-0.39, 0.29) is 5.78 Å². The summed E-state index contributed by atoms with van der Waals surface area (Å²) in [6, 6.07) is 15.3. The van der Waals surface area contributed by atoms with Crippen molar-refractivity contribution in [2.45, 2.75) is 13.0 Å². The van der Waals surface area contributed by atoms with Crippen molar-refractivity contribution < 1.29 is 9.53 Å². The first-order chi connectivity index (χ1) is 10.3. The molecule has 0 aliphatic carbocycles. The molecule has 0 atom stereocenters. The fourth-order valence-corrected chi connectivity index (χ4v) is 2.60. The summed E-state index contributed by atoms with van der Waals surface area (Å²) in [7, 11) is 1.59. The number of rotatable bonds is 5. The highest BCUT2D eigenvalue weighted by Gasteiger charge is 2.16. The maximum atomic E-state index is 12.7.